The molecule has 0 atom stereocenters. The van der Waals surface area contributed by atoms with E-state index in [9.17, 15) is 0 Å². The first-order valence-corrected chi connectivity index (χ1v) is 19.6. The average Bonchev–Trinajstić information content (AvgIpc) is 3.82. The van der Waals surface area contributed by atoms with E-state index < -0.39 is 0 Å². The second-order valence-corrected chi connectivity index (χ2v) is 15.1. The van der Waals surface area contributed by atoms with Crippen LogP contribution in [0.5, 0.6) is 0 Å². The predicted molar refractivity (Wildman–Crippen MR) is 234 cm³/mol. The normalized spacial score (nSPS) is 11.6. The number of hydrogen-bond acceptors (Lipinski definition) is 4. The summed E-state index contributed by atoms with van der Waals surface area (Å²) in [6, 6.07) is 68.6. The van der Waals surface area contributed by atoms with Gasteiger partial charge in [-0.15, -0.1) is 11.3 Å². The Morgan fingerprint density at radius 2 is 0.875 bits per heavy atom. The molecule has 0 radical (unpaired) electrons. The molecule has 0 unspecified atom stereocenters. The van der Waals surface area contributed by atoms with E-state index in [1.54, 1.807) is 0 Å². The first kappa shape index (κ1) is 32.2. The quantitative estimate of drug-likeness (QED) is 0.171. The van der Waals surface area contributed by atoms with Crippen molar-refractivity contribution in [2.24, 2.45) is 0 Å². The number of hydrogen-bond donors (Lipinski definition) is 0. The van der Waals surface area contributed by atoms with Gasteiger partial charge < -0.3 is 4.57 Å². The molecule has 3 heterocycles. The number of rotatable bonds is 6. The minimum absolute atomic E-state index is 0.635. The van der Waals surface area contributed by atoms with Crippen LogP contribution in [-0.2, 0) is 0 Å². The fourth-order valence-electron chi connectivity index (χ4n) is 7.96. The van der Waals surface area contributed by atoms with Crippen LogP contribution in [0, 0.1) is 0 Å². The first-order valence-electron chi connectivity index (χ1n) is 18.8. The molecule has 0 N–H and O–H groups in total. The minimum Gasteiger partial charge on any atom is -0.309 e. The summed E-state index contributed by atoms with van der Waals surface area (Å²) < 4.78 is 4.79. The molecule has 56 heavy (non-hydrogen) atoms. The fourth-order valence-corrected chi connectivity index (χ4v) is 9.22. The zero-order valence-corrected chi connectivity index (χ0v) is 31.0. The predicted octanol–water partition coefficient (Wildman–Crippen LogP) is 13.7. The van der Waals surface area contributed by atoms with Gasteiger partial charge in [0.1, 0.15) is 0 Å². The third-order valence-electron chi connectivity index (χ3n) is 10.6. The van der Waals surface area contributed by atoms with Gasteiger partial charge in [0.2, 0.25) is 0 Å². The van der Waals surface area contributed by atoms with E-state index in [0.717, 1.165) is 33.4 Å². The van der Waals surface area contributed by atoms with Crippen LogP contribution < -0.4 is 0 Å². The van der Waals surface area contributed by atoms with Crippen molar-refractivity contribution < 1.29 is 0 Å². The molecule has 0 amide bonds. The Bertz CT molecular complexity index is 3230. The highest BCUT2D eigenvalue weighted by atomic mass is 32.1. The largest absolute Gasteiger partial charge is 0.309 e. The molecule has 0 saturated heterocycles. The molecule has 0 aliphatic rings. The Labute approximate surface area is 327 Å². The summed E-state index contributed by atoms with van der Waals surface area (Å²) in [4.78, 5) is 15.4. The summed E-state index contributed by atoms with van der Waals surface area (Å²) >= 11 is 1.83. The summed E-state index contributed by atoms with van der Waals surface area (Å²) in [5.74, 6) is 1.92. The summed E-state index contributed by atoms with van der Waals surface area (Å²) in [6.07, 6.45) is 0. The Hall–Kier alpha value is -7.21. The topological polar surface area (TPSA) is 43.6 Å². The molecule has 0 aliphatic carbocycles. The van der Waals surface area contributed by atoms with Crippen LogP contribution in [0.2, 0.25) is 0 Å². The second-order valence-electron chi connectivity index (χ2n) is 14.0. The maximum absolute atomic E-state index is 5.22. The maximum Gasteiger partial charge on any atom is 0.164 e. The van der Waals surface area contributed by atoms with Gasteiger partial charge in [-0.25, -0.2) is 15.0 Å². The standard InChI is InChI=1S/C51H32N4S/c1-5-15-33(16-6-1)38-29-43(34-17-7-2-8-18-34)48-44(30-38)42-28-26-37(32-47(42)56-48)51-53-49(35-19-9-3-10-20-35)52-50(54-51)36-25-27-41-40-23-13-14-24-45(40)55(46(41)31-36)39-21-11-4-12-22-39/h1-32H. The Morgan fingerprint density at radius 1 is 0.339 bits per heavy atom. The smallest absolute Gasteiger partial charge is 0.164 e. The molecule has 262 valence electrons. The molecule has 11 rings (SSSR count). The van der Waals surface area contributed by atoms with E-state index in [0.29, 0.717) is 17.5 Å². The zero-order valence-electron chi connectivity index (χ0n) is 30.2. The van der Waals surface area contributed by atoms with Crippen molar-refractivity contribution in [3.63, 3.8) is 0 Å². The molecule has 8 aromatic carbocycles. The van der Waals surface area contributed by atoms with Crippen LogP contribution in [-0.4, -0.2) is 19.5 Å². The lowest BCUT2D eigenvalue weighted by Crippen LogP contribution is -2.00. The van der Waals surface area contributed by atoms with Crippen molar-refractivity contribution in [2.45, 2.75) is 0 Å². The van der Waals surface area contributed by atoms with Gasteiger partial charge in [0, 0.05) is 58.9 Å². The van der Waals surface area contributed by atoms with E-state index >= 15 is 0 Å². The van der Waals surface area contributed by atoms with Crippen molar-refractivity contribution in [2.75, 3.05) is 0 Å². The first-order chi connectivity index (χ1) is 27.7. The Morgan fingerprint density at radius 3 is 1.57 bits per heavy atom. The minimum atomic E-state index is 0.635. The van der Waals surface area contributed by atoms with Crippen LogP contribution in [0.4, 0.5) is 0 Å². The summed E-state index contributed by atoms with van der Waals surface area (Å²) in [7, 11) is 0. The van der Waals surface area contributed by atoms with Gasteiger partial charge in [-0.1, -0.05) is 152 Å². The van der Waals surface area contributed by atoms with E-state index in [1.165, 1.54) is 53.2 Å². The summed E-state index contributed by atoms with van der Waals surface area (Å²) in [5, 5.41) is 4.87. The van der Waals surface area contributed by atoms with E-state index in [2.05, 4.69) is 180 Å². The van der Waals surface area contributed by atoms with Crippen LogP contribution in [0.15, 0.2) is 194 Å². The third-order valence-corrected chi connectivity index (χ3v) is 11.8. The van der Waals surface area contributed by atoms with Crippen LogP contribution in [0.25, 0.3) is 104 Å². The molecule has 5 heteroatoms. The van der Waals surface area contributed by atoms with Gasteiger partial charge in [-0.2, -0.15) is 0 Å². The molecular weight excluding hydrogens is 701 g/mol. The average molecular weight is 733 g/mol. The summed E-state index contributed by atoms with van der Waals surface area (Å²) in [6.45, 7) is 0. The fraction of sp³-hybridized carbons (Fsp3) is 0. The van der Waals surface area contributed by atoms with Crippen molar-refractivity contribution in [1.29, 1.82) is 0 Å². The lowest BCUT2D eigenvalue weighted by molar-refractivity contribution is 1.07. The number of benzene rings is 8. The van der Waals surface area contributed by atoms with Gasteiger partial charge >= 0.3 is 0 Å². The molecule has 0 bridgehead atoms. The van der Waals surface area contributed by atoms with E-state index in [1.807, 2.05) is 29.5 Å². The molecule has 0 aliphatic heterocycles. The van der Waals surface area contributed by atoms with E-state index in [4.69, 9.17) is 15.0 Å². The van der Waals surface area contributed by atoms with Gasteiger partial charge in [-0.05, 0) is 59.2 Å². The zero-order chi connectivity index (χ0) is 37.0. The molecular formula is C51H32N4S. The summed E-state index contributed by atoms with van der Waals surface area (Å²) in [5.41, 5.74) is 11.1. The van der Waals surface area contributed by atoms with Crippen molar-refractivity contribution in [1.82, 2.24) is 19.5 Å². The molecule has 0 fully saturated rings. The number of fused-ring (bicyclic) bond motifs is 6. The van der Waals surface area contributed by atoms with Gasteiger partial charge in [0.25, 0.3) is 0 Å². The SMILES string of the molecule is c1ccc(-c2cc(-c3ccccc3)c3sc4cc(-c5nc(-c6ccccc6)nc(-c6ccc7c8ccccc8n(-c8ccccc8)c7c6)n5)ccc4c3c2)cc1. The Kier molecular flexibility index (Phi) is 7.64. The number of nitrogens with zero attached hydrogens (tertiary/aromatic N) is 4. The molecule has 0 saturated carbocycles. The molecule has 4 nitrogen and oxygen atoms in total. The van der Waals surface area contributed by atoms with Gasteiger partial charge in [0.05, 0.1) is 11.0 Å². The number of thiophene rings is 1. The monoisotopic (exact) mass is 732 g/mol. The second kappa shape index (κ2) is 13.3. The van der Waals surface area contributed by atoms with Crippen LogP contribution in [0.3, 0.4) is 0 Å². The van der Waals surface area contributed by atoms with Crippen molar-refractivity contribution in [3.8, 4) is 62.1 Å². The number of aromatic nitrogens is 4. The highest BCUT2D eigenvalue weighted by molar-refractivity contribution is 7.26. The molecule has 11 aromatic rings. The Balaban J connectivity index is 1.10. The van der Waals surface area contributed by atoms with Gasteiger partial charge in [0.15, 0.2) is 17.5 Å². The number of para-hydroxylation sites is 2. The van der Waals surface area contributed by atoms with Crippen molar-refractivity contribution in [3.05, 3.63) is 194 Å². The van der Waals surface area contributed by atoms with Crippen molar-refractivity contribution >= 4 is 53.3 Å². The highest BCUT2D eigenvalue weighted by Gasteiger charge is 2.19. The van der Waals surface area contributed by atoms with Crippen LogP contribution >= 0.6 is 11.3 Å². The lowest BCUT2D eigenvalue weighted by Gasteiger charge is -2.10. The third kappa shape index (κ3) is 5.48. The molecule has 3 aromatic heterocycles. The lowest BCUT2D eigenvalue weighted by atomic mass is 9.96. The van der Waals surface area contributed by atoms with Gasteiger partial charge in [-0.3, -0.25) is 0 Å². The highest BCUT2D eigenvalue weighted by Crippen LogP contribution is 2.44. The van der Waals surface area contributed by atoms with E-state index in [-0.39, 0.29) is 0 Å². The molecule has 0 spiro atoms. The van der Waals surface area contributed by atoms with Crippen LogP contribution in [0.1, 0.15) is 0 Å². The maximum atomic E-state index is 5.22.